The molecule has 0 saturated carbocycles. The number of fused-ring (bicyclic) bond motifs is 1. The summed E-state index contributed by atoms with van der Waals surface area (Å²) in [6, 6.07) is 11.5. The Morgan fingerprint density at radius 3 is 2.74 bits per heavy atom. The first kappa shape index (κ1) is 26.7. The fourth-order valence-corrected chi connectivity index (χ4v) is 4.15. The topological polar surface area (TPSA) is 159 Å². The average Bonchev–Trinajstić information content (AvgIpc) is 3.36. The molecular weight excluding hydrogens is 540 g/mol. The lowest BCUT2D eigenvalue weighted by molar-refractivity contribution is -0.384. The molecule has 0 radical (unpaired) electrons. The zero-order chi connectivity index (χ0) is 27.2. The van der Waals surface area contributed by atoms with Crippen molar-refractivity contribution in [3.05, 3.63) is 75.4 Å². The molecule has 1 aliphatic heterocycles. The van der Waals surface area contributed by atoms with E-state index in [2.05, 4.69) is 15.6 Å². The second-order valence-corrected chi connectivity index (χ2v) is 9.09. The van der Waals surface area contributed by atoms with Crippen LogP contribution in [0.3, 0.4) is 0 Å². The van der Waals surface area contributed by atoms with Crippen LogP contribution in [0.1, 0.15) is 17.3 Å². The van der Waals surface area contributed by atoms with E-state index in [0.29, 0.717) is 17.2 Å². The van der Waals surface area contributed by atoms with Crippen LogP contribution < -0.4 is 20.1 Å². The molecule has 0 bridgehead atoms. The number of hydrogen-bond acceptors (Lipinski definition) is 10. The molecule has 1 aliphatic rings. The van der Waals surface area contributed by atoms with Gasteiger partial charge in [-0.25, -0.2) is 9.78 Å². The van der Waals surface area contributed by atoms with Gasteiger partial charge in [0.25, 0.3) is 11.6 Å². The van der Waals surface area contributed by atoms with E-state index in [1.807, 2.05) is 0 Å². The number of non-ortho nitro benzene ring substituents is 1. The van der Waals surface area contributed by atoms with Crippen LogP contribution in [0.5, 0.6) is 11.5 Å². The third-order valence-electron chi connectivity index (χ3n) is 5.06. The highest BCUT2D eigenvalue weighted by Crippen LogP contribution is 2.34. The second kappa shape index (κ2) is 11.8. The molecule has 3 aromatic rings. The van der Waals surface area contributed by atoms with Crippen molar-refractivity contribution >= 4 is 58.2 Å². The van der Waals surface area contributed by atoms with Crippen LogP contribution in [0.25, 0.3) is 0 Å². The van der Waals surface area contributed by atoms with E-state index in [1.54, 1.807) is 18.2 Å². The highest BCUT2D eigenvalue weighted by molar-refractivity contribution is 8.00. The SMILES string of the molecule is C[C@@H](OC(=O)c1cccnc1SCC(=O)Nc1ccc2c(c1)OCO2)C(=O)Nc1cc([N+](=O)[O-])ccc1Cl. The smallest absolute Gasteiger partial charge is 0.341 e. The molecule has 2 amide bonds. The number of nitrogens with zero attached hydrogens (tertiary/aromatic N) is 2. The predicted octanol–water partition coefficient (Wildman–Crippen LogP) is 4.29. The Morgan fingerprint density at radius 2 is 1.95 bits per heavy atom. The van der Waals surface area contributed by atoms with Gasteiger partial charge in [-0.1, -0.05) is 23.4 Å². The van der Waals surface area contributed by atoms with Crippen molar-refractivity contribution in [3.63, 3.8) is 0 Å². The highest BCUT2D eigenvalue weighted by Gasteiger charge is 2.23. The molecule has 38 heavy (non-hydrogen) atoms. The quantitative estimate of drug-likeness (QED) is 0.168. The first-order valence-corrected chi connectivity index (χ1v) is 12.3. The van der Waals surface area contributed by atoms with Crippen LogP contribution in [0.2, 0.25) is 5.02 Å². The van der Waals surface area contributed by atoms with Gasteiger partial charge in [0.1, 0.15) is 5.03 Å². The van der Waals surface area contributed by atoms with Crippen molar-refractivity contribution in [1.29, 1.82) is 0 Å². The van der Waals surface area contributed by atoms with Crippen LogP contribution in [-0.2, 0) is 14.3 Å². The molecule has 196 valence electrons. The molecule has 2 N–H and O–H groups in total. The average molecular weight is 559 g/mol. The predicted molar refractivity (Wildman–Crippen MR) is 138 cm³/mol. The molecule has 1 aromatic heterocycles. The van der Waals surface area contributed by atoms with Crippen molar-refractivity contribution in [2.45, 2.75) is 18.1 Å². The Morgan fingerprint density at radius 1 is 1.16 bits per heavy atom. The fraction of sp³-hybridized carbons (Fsp3) is 0.167. The molecule has 0 unspecified atom stereocenters. The van der Waals surface area contributed by atoms with E-state index in [0.717, 1.165) is 17.8 Å². The standard InChI is InChI=1S/C24H19ClN4O8S/c1-13(22(31)28-18-10-15(29(33)34)5-6-17(18)25)37-24(32)16-3-2-8-26-23(16)38-11-21(30)27-14-4-7-19-20(9-14)36-12-35-19/h2-10,13H,11-12H2,1H3,(H,27,30)(H,28,31)/t13-/m1/s1. The largest absolute Gasteiger partial charge is 0.454 e. The molecule has 2 aromatic carbocycles. The number of benzene rings is 2. The molecule has 2 heterocycles. The summed E-state index contributed by atoms with van der Waals surface area (Å²) < 4.78 is 15.8. The van der Waals surface area contributed by atoms with Crippen LogP contribution >= 0.6 is 23.4 Å². The van der Waals surface area contributed by atoms with E-state index in [-0.39, 0.29) is 45.4 Å². The van der Waals surface area contributed by atoms with Gasteiger partial charge in [0.2, 0.25) is 12.7 Å². The number of thioether (sulfide) groups is 1. The highest BCUT2D eigenvalue weighted by atomic mass is 35.5. The number of halogens is 1. The number of aromatic nitrogens is 1. The maximum absolute atomic E-state index is 12.8. The number of carbonyl (C=O) groups excluding carboxylic acids is 3. The lowest BCUT2D eigenvalue weighted by Crippen LogP contribution is -2.30. The van der Waals surface area contributed by atoms with Crippen molar-refractivity contribution in [2.75, 3.05) is 23.2 Å². The van der Waals surface area contributed by atoms with Gasteiger partial charge < -0.3 is 24.8 Å². The third-order valence-corrected chi connectivity index (χ3v) is 6.39. The Kier molecular flexibility index (Phi) is 8.28. The Hall–Kier alpha value is -4.36. The molecule has 0 saturated heterocycles. The van der Waals surface area contributed by atoms with Gasteiger partial charge in [-0.15, -0.1) is 0 Å². The summed E-state index contributed by atoms with van der Waals surface area (Å²) in [6.07, 6.45) is 0.181. The van der Waals surface area contributed by atoms with E-state index in [1.165, 1.54) is 37.4 Å². The van der Waals surface area contributed by atoms with Crippen LogP contribution in [-0.4, -0.2) is 46.3 Å². The Balaban J connectivity index is 1.35. The number of nitro groups is 1. The molecular formula is C24H19ClN4O8S. The second-order valence-electron chi connectivity index (χ2n) is 7.72. The minimum Gasteiger partial charge on any atom is -0.454 e. The van der Waals surface area contributed by atoms with Gasteiger partial charge in [-0.2, -0.15) is 0 Å². The van der Waals surface area contributed by atoms with Crippen molar-refractivity contribution in [2.24, 2.45) is 0 Å². The zero-order valence-corrected chi connectivity index (χ0v) is 21.2. The summed E-state index contributed by atoms with van der Waals surface area (Å²) in [5, 5.41) is 16.4. The van der Waals surface area contributed by atoms with E-state index < -0.39 is 22.9 Å². The molecule has 0 fully saturated rings. The lowest BCUT2D eigenvalue weighted by Gasteiger charge is -2.15. The first-order chi connectivity index (χ1) is 18.2. The van der Waals surface area contributed by atoms with E-state index >= 15 is 0 Å². The first-order valence-electron chi connectivity index (χ1n) is 10.9. The summed E-state index contributed by atoms with van der Waals surface area (Å²) in [4.78, 5) is 52.3. The minimum atomic E-state index is -1.27. The molecule has 0 spiro atoms. The summed E-state index contributed by atoms with van der Waals surface area (Å²) in [5.41, 5.74) is 0.305. The van der Waals surface area contributed by atoms with Gasteiger partial charge in [0.05, 0.1) is 26.9 Å². The number of pyridine rings is 1. The number of esters is 1. The number of hydrogen-bond donors (Lipinski definition) is 2. The molecule has 14 heteroatoms. The molecule has 0 aliphatic carbocycles. The number of nitro benzene ring substituents is 1. The zero-order valence-electron chi connectivity index (χ0n) is 19.6. The van der Waals surface area contributed by atoms with Gasteiger partial charge in [0, 0.05) is 30.1 Å². The van der Waals surface area contributed by atoms with E-state index in [4.69, 9.17) is 25.8 Å². The fourth-order valence-electron chi connectivity index (χ4n) is 3.20. The summed E-state index contributed by atoms with van der Waals surface area (Å²) >= 11 is 7.02. The number of carbonyl (C=O) groups is 3. The van der Waals surface area contributed by atoms with Gasteiger partial charge in [-0.05, 0) is 37.3 Å². The monoisotopic (exact) mass is 558 g/mol. The van der Waals surface area contributed by atoms with Crippen LogP contribution in [0.4, 0.5) is 17.1 Å². The molecule has 1 atom stereocenters. The van der Waals surface area contributed by atoms with Gasteiger partial charge >= 0.3 is 5.97 Å². The number of amides is 2. The number of ether oxygens (including phenoxy) is 3. The molecule has 4 rings (SSSR count). The summed E-state index contributed by atoms with van der Waals surface area (Å²) in [5.74, 6) is -0.888. The molecule has 12 nitrogen and oxygen atoms in total. The number of anilines is 2. The van der Waals surface area contributed by atoms with Crippen molar-refractivity contribution < 1.29 is 33.5 Å². The van der Waals surface area contributed by atoms with Gasteiger partial charge in [0.15, 0.2) is 17.6 Å². The maximum atomic E-state index is 12.8. The maximum Gasteiger partial charge on any atom is 0.341 e. The van der Waals surface area contributed by atoms with Gasteiger partial charge in [-0.3, -0.25) is 19.7 Å². The summed E-state index contributed by atoms with van der Waals surface area (Å²) in [6.45, 7) is 1.45. The Labute approximate surface area is 224 Å². The Bertz CT molecular complexity index is 1420. The van der Waals surface area contributed by atoms with Crippen molar-refractivity contribution in [3.8, 4) is 11.5 Å². The normalized spacial score (nSPS) is 12.4. The van der Waals surface area contributed by atoms with E-state index in [9.17, 15) is 24.5 Å². The summed E-state index contributed by atoms with van der Waals surface area (Å²) in [7, 11) is 0. The number of rotatable bonds is 9. The minimum absolute atomic E-state index is 0.000130. The van der Waals surface area contributed by atoms with Crippen LogP contribution in [0.15, 0.2) is 59.8 Å². The van der Waals surface area contributed by atoms with Crippen LogP contribution in [0, 0.1) is 10.1 Å². The lowest BCUT2D eigenvalue weighted by atomic mass is 10.2. The van der Waals surface area contributed by atoms with Crippen molar-refractivity contribution in [1.82, 2.24) is 4.98 Å². The third kappa shape index (κ3) is 6.49. The number of nitrogens with one attached hydrogen (secondary N) is 2.